The van der Waals surface area contributed by atoms with Gasteiger partial charge < -0.3 is 10.4 Å². The summed E-state index contributed by atoms with van der Waals surface area (Å²) in [4.78, 5) is 11.2. The van der Waals surface area contributed by atoms with Gasteiger partial charge in [-0.05, 0) is 6.07 Å². The molecule has 76 valence electrons. The molecule has 14 heavy (non-hydrogen) atoms. The molecule has 0 spiro atoms. The molecule has 0 aliphatic heterocycles. The van der Waals surface area contributed by atoms with E-state index in [9.17, 15) is 4.79 Å². The molecular formula is C10H14N2O2. The molecule has 0 fully saturated rings. The van der Waals surface area contributed by atoms with Crippen LogP contribution < -0.4 is 10.9 Å². The molecule has 0 radical (unpaired) electrons. The van der Waals surface area contributed by atoms with Crippen LogP contribution in [0, 0.1) is 0 Å². The third-order valence-corrected chi connectivity index (χ3v) is 2.00. The number of nitrogens with one attached hydrogen (secondary N) is 1. The zero-order valence-electron chi connectivity index (χ0n) is 8.10. The quantitative estimate of drug-likeness (QED) is 0.680. The summed E-state index contributed by atoms with van der Waals surface area (Å²) in [5, 5.41) is 11.9. The minimum absolute atomic E-state index is 0.0490. The van der Waals surface area contributed by atoms with Gasteiger partial charge in [0.1, 0.15) is 5.82 Å². The summed E-state index contributed by atoms with van der Waals surface area (Å²) in [6, 6.07) is 4.69. The summed E-state index contributed by atoms with van der Waals surface area (Å²) >= 11 is 0. The number of hydrogen-bond acceptors (Lipinski definition) is 3. The van der Waals surface area contributed by atoms with Gasteiger partial charge in [-0.3, -0.25) is 9.36 Å². The predicted octanol–water partition coefficient (Wildman–Crippen LogP) is 0.344. The largest absolute Gasteiger partial charge is 0.394 e. The SMILES string of the molecule is C=CC(CO)Nc1cccc(=O)n1C. The lowest BCUT2D eigenvalue weighted by Crippen LogP contribution is -2.26. The van der Waals surface area contributed by atoms with Crippen molar-refractivity contribution in [2.45, 2.75) is 6.04 Å². The van der Waals surface area contributed by atoms with Crippen molar-refractivity contribution >= 4 is 5.82 Å². The van der Waals surface area contributed by atoms with Crippen LogP contribution in [0.2, 0.25) is 0 Å². The van der Waals surface area contributed by atoms with Crippen molar-refractivity contribution < 1.29 is 5.11 Å². The predicted molar refractivity (Wildman–Crippen MR) is 56.4 cm³/mol. The Morgan fingerprint density at radius 3 is 3.00 bits per heavy atom. The van der Waals surface area contributed by atoms with Gasteiger partial charge in [-0.15, -0.1) is 6.58 Å². The van der Waals surface area contributed by atoms with Crippen LogP contribution in [0.15, 0.2) is 35.6 Å². The van der Waals surface area contributed by atoms with Crippen LogP contribution in [0.1, 0.15) is 0 Å². The summed E-state index contributed by atoms with van der Waals surface area (Å²) in [5.74, 6) is 0.663. The van der Waals surface area contributed by atoms with Gasteiger partial charge >= 0.3 is 0 Å². The maximum absolute atomic E-state index is 11.2. The highest BCUT2D eigenvalue weighted by Crippen LogP contribution is 2.04. The maximum Gasteiger partial charge on any atom is 0.251 e. The van der Waals surface area contributed by atoms with Crippen molar-refractivity contribution in [2.75, 3.05) is 11.9 Å². The number of hydrogen-bond donors (Lipinski definition) is 2. The van der Waals surface area contributed by atoms with Gasteiger partial charge in [-0.2, -0.15) is 0 Å². The van der Waals surface area contributed by atoms with Crippen molar-refractivity contribution in [2.24, 2.45) is 7.05 Å². The van der Waals surface area contributed by atoms with Gasteiger partial charge in [-0.25, -0.2) is 0 Å². The van der Waals surface area contributed by atoms with E-state index in [1.165, 1.54) is 10.6 Å². The first-order valence-corrected chi connectivity index (χ1v) is 4.35. The van der Waals surface area contributed by atoms with Crippen molar-refractivity contribution in [1.82, 2.24) is 4.57 Å². The highest BCUT2D eigenvalue weighted by molar-refractivity contribution is 5.37. The average Bonchev–Trinajstić information content (AvgIpc) is 2.20. The van der Waals surface area contributed by atoms with E-state index in [2.05, 4.69) is 11.9 Å². The van der Waals surface area contributed by atoms with Gasteiger partial charge in [0.2, 0.25) is 0 Å². The van der Waals surface area contributed by atoms with Crippen molar-refractivity contribution in [3.63, 3.8) is 0 Å². The van der Waals surface area contributed by atoms with Gasteiger partial charge in [-0.1, -0.05) is 12.1 Å². The van der Waals surface area contributed by atoms with Gasteiger partial charge in [0.15, 0.2) is 0 Å². The van der Waals surface area contributed by atoms with E-state index in [0.29, 0.717) is 5.82 Å². The number of aliphatic hydroxyl groups is 1. The third-order valence-electron chi connectivity index (χ3n) is 2.00. The van der Waals surface area contributed by atoms with Gasteiger partial charge in [0, 0.05) is 13.1 Å². The zero-order valence-corrected chi connectivity index (χ0v) is 8.10. The van der Waals surface area contributed by atoms with Crippen molar-refractivity contribution in [1.29, 1.82) is 0 Å². The molecule has 0 aliphatic rings. The van der Waals surface area contributed by atoms with E-state index in [0.717, 1.165) is 0 Å². The lowest BCUT2D eigenvalue weighted by molar-refractivity contribution is 0.290. The molecule has 4 heteroatoms. The van der Waals surface area contributed by atoms with E-state index in [-0.39, 0.29) is 18.2 Å². The van der Waals surface area contributed by atoms with Crippen LogP contribution >= 0.6 is 0 Å². The highest BCUT2D eigenvalue weighted by Gasteiger charge is 2.04. The molecule has 0 aromatic carbocycles. The molecule has 1 unspecified atom stereocenters. The fourth-order valence-electron chi connectivity index (χ4n) is 1.08. The molecule has 0 bridgehead atoms. The number of rotatable bonds is 4. The minimum Gasteiger partial charge on any atom is -0.394 e. The van der Waals surface area contributed by atoms with E-state index in [1.807, 2.05) is 0 Å². The maximum atomic E-state index is 11.2. The second-order valence-electron chi connectivity index (χ2n) is 2.98. The zero-order chi connectivity index (χ0) is 10.6. The molecular weight excluding hydrogens is 180 g/mol. The van der Waals surface area contributed by atoms with Crippen LogP contribution in [-0.2, 0) is 7.05 Å². The second kappa shape index (κ2) is 4.62. The molecule has 0 saturated heterocycles. The van der Waals surface area contributed by atoms with E-state index < -0.39 is 0 Å². The van der Waals surface area contributed by atoms with E-state index in [4.69, 9.17) is 5.11 Å². The molecule has 1 aromatic heterocycles. The van der Waals surface area contributed by atoms with Crippen LogP contribution in [0.5, 0.6) is 0 Å². The summed E-state index contributed by atoms with van der Waals surface area (Å²) in [7, 11) is 1.67. The summed E-state index contributed by atoms with van der Waals surface area (Å²) in [5.41, 5.74) is -0.0873. The molecule has 1 heterocycles. The fourth-order valence-corrected chi connectivity index (χ4v) is 1.08. The highest BCUT2D eigenvalue weighted by atomic mass is 16.3. The molecule has 2 N–H and O–H groups in total. The van der Waals surface area contributed by atoms with Crippen LogP contribution in [-0.4, -0.2) is 22.3 Å². The lowest BCUT2D eigenvalue weighted by Gasteiger charge is -2.15. The monoisotopic (exact) mass is 194 g/mol. The van der Waals surface area contributed by atoms with Crippen LogP contribution in [0.25, 0.3) is 0 Å². The summed E-state index contributed by atoms with van der Waals surface area (Å²) in [6.45, 7) is 3.52. The number of aromatic nitrogens is 1. The van der Waals surface area contributed by atoms with Crippen molar-refractivity contribution in [3.05, 3.63) is 41.2 Å². The molecule has 1 aromatic rings. The molecule has 1 atom stereocenters. The van der Waals surface area contributed by atoms with E-state index >= 15 is 0 Å². The normalized spacial score (nSPS) is 12.1. The topological polar surface area (TPSA) is 54.3 Å². The van der Waals surface area contributed by atoms with Crippen LogP contribution in [0.3, 0.4) is 0 Å². The Bertz CT molecular complexity index is 371. The van der Waals surface area contributed by atoms with E-state index in [1.54, 1.807) is 25.3 Å². The van der Waals surface area contributed by atoms with Crippen LogP contribution in [0.4, 0.5) is 5.82 Å². The Kier molecular flexibility index (Phi) is 3.48. The summed E-state index contributed by atoms with van der Waals surface area (Å²) < 4.78 is 1.48. The second-order valence-corrected chi connectivity index (χ2v) is 2.98. The Morgan fingerprint density at radius 1 is 1.71 bits per heavy atom. The first-order valence-electron chi connectivity index (χ1n) is 4.35. The Morgan fingerprint density at radius 2 is 2.43 bits per heavy atom. The molecule has 0 amide bonds. The molecule has 4 nitrogen and oxygen atoms in total. The fraction of sp³-hybridized carbons (Fsp3) is 0.300. The lowest BCUT2D eigenvalue weighted by atomic mass is 10.3. The first kappa shape index (κ1) is 10.5. The Hall–Kier alpha value is -1.55. The Balaban J connectivity index is 2.91. The summed E-state index contributed by atoms with van der Waals surface area (Å²) in [6.07, 6.45) is 1.59. The van der Waals surface area contributed by atoms with Crippen molar-refractivity contribution in [3.8, 4) is 0 Å². The molecule has 0 aliphatic carbocycles. The Labute approximate surface area is 82.5 Å². The number of nitrogens with zero attached hydrogens (tertiary/aromatic N) is 1. The first-order chi connectivity index (χ1) is 6.69. The minimum atomic E-state index is -0.233. The average molecular weight is 194 g/mol. The number of anilines is 1. The standard InChI is InChI=1S/C10H14N2O2/c1-3-8(7-13)11-9-5-4-6-10(14)12(9)2/h3-6,8,11,13H,1,7H2,2H3. The van der Waals surface area contributed by atoms with Gasteiger partial charge in [0.25, 0.3) is 5.56 Å². The number of aliphatic hydroxyl groups excluding tert-OH is 1. The number of pyridine rings is 1. The van der Waals surface area contributed by atoms with Gasteiger partial charge in [0.05, 0.1) is 12.6 Å². The molecule has 0 saturated carbocycles. The smallest absolute Gasteiger partial charge is 0.251 e. The third kappa shape index (κ3) is 2.23. The molecule has 1 rings (SSSR count).